The Morgan fingerprint density at radius 3 is 2.10 bits per heavy atom. The van der Waals surface area contributed by atoms with Crippen molar-refractivity contribution in [3.8, 4) is 0 Å². The Balaban J connectivity index is 1.97. The lowest BCUT2D eigenvalue weighted by molar-refractivity contribution is 0.428. The van der Waals surface area contributed by atoms with Gasteiger partial charge in [0.2, 0.25) is 0 Å². The number of rotatable bonds is 7. The second kappa shape index (κ2) is 7.86. The van der Waals surface area contributed by atoms with E-state index in [9.17, 15) is 0 Å². The minimum absolute atomic E-state index is 0.458. The normalized spacial score (nSPS) is 13.9. The van der Waals surface area contributed by atoms with Gasteiger partial charge >= 0.3 is 0 Å². The monoisotopic (exact) mass is 267 g/mol. The zero-order valence-corrected chi connectivity index (χ0v) is 12.5. The van der Waals surface area contributed by atoms with Crippen molar-refractivity contribution in [1.29, 1.82) is 0 Å². The van der Waals surface area contributed by atoms with Crippen LogP contribution < -0.4 is 5.32 Å². The van der Waals surface area contributed by atoms with Crippen LogP contribution in [0.4, 0.5) is 0 Å². The lowest BCUT2D eigenvalue weighted by Crippen LogP contribution is -2.32. The van der Waals surface area contributed by atoms with E-state index >= 15 is 0 Å². The zero-order chi connectivity index (χ0) is 14.2. The second-order valence-electron chi connectivity index (χ2n) is 5.51. The van der Waals surface area contributed by atoms with E-state index in [1.54, 1.807) is 0 Å². The van der Waals surface area contributed by atoms with Crippen LogP contribution in [0.25, 0.3) is 0 Å². The van der Waals surface area contributed by atoms with Gasteiger partial charge in [0, 0.05) is 12.1 Å². The molecular weight excluding hydrogens is 242 g/mol. The van der Waals surface area contributed by atoms with Gasteiger partial charge < -0.3 is 5.32 Å². The molecule has 1 nitrogen and oxygen atoms in total. The molecule has 0 bridgehead atoms. The third-order valence-corrected chi connectivity index (χ3v) is 3.65. The maximum absolute atomic E-state index is 3.78. The Labute approximate surface area is 123 Å². The molecule has 0 aliphatic heterocycles. The van der Waals surface area contributed by atoms with Crippen LogP contribution >= 0.6 is 0 Å². The van der Waals surface area contributed by atoms with Gasteiger partial charge in [-0.1, -0.05) is 74.0 Å². The minimum atomic E-state index is 0.458. The van der Waals surface area contributed by atoms with Crippen LogP contribution in [-0.4, -0.2) is 6.04 Å². The fourth-order valence-corrected chi connectivity index (χ4v) is 2.69. The van der Waals surface area contributed by atoms with Crippen LogP contribution in [0.3, 0.4) is 0 Å². The van der Waals surface area contributed by atoms with E-state index in [1.807, 2.05) is 0 Å². The van der Waals surface area contributed by atoms with E-state index < -0.39 is 0 Å². The van der Waals surface area contributed by atoms with Crippen molar-refractivity contribution in [3.63, 3.8) is 0 Å². The average Bonchev–Trinajstić information content (AvgIpc) is 2.49. The molecule has 20 heavy (non-hydrogen) atoms. The molecule has 0 saturated heterocycles. The van der Waals surface area contributed by atoms with Gasteiger partial charge in [-0.3, -0.25) is 0 Å². The second-order valence-corrected chi connectivity index (χ2v) is 5.51. The number of benzene rings is 2. The molecule has 0 heterocycles. The first-order valence-corrected chi connectivity index (χ1v) is 7.64. The van der Waals surface area contributed by atoms with Crippen molar-refractivity contribution in [2.24, 2.45) is 0 Å². The summed E-state index contributed by atoms with van der Waals surface area (Å²) in [5.74, 6) is 0. The molecule has 0 aliphatic rings. The first-order valence-electron chi connectivity index (χ1n) is 7.64. The Hall–Kier alpha value is -1.60. The molecule has 1 N–H and O–H groups in total. The summed E-state index contributed by atoms with van der Waals surface area (Å²) in [5.41, 5.74) is 2.80. The van der Waals surface area contributed by atoms with Crippen molar-refractivity contribution < 1.29 is 0 Å². The zero-order valence-electron chi connectivity index (χ0n) is 12.5. The Morgan fingerprint density at radius 1 is 0.900 bits per heavy atom. The van der Waals surface area contributed by atoms with E-state index in [2.05, 4.69) is 79.8 Å². The van der Waals surface area contributed by atoms with Crippen LogP contribution in [0.15, 0.2) is 60.7 Å². The summed E-state index contributed by atoms with van der Waals surface area (Å²) in [6.07, 6.45) is 3.46. The summed E-state index contributed by atoms with van der Waals surface area (Å²) >= 11 is 0. The molecular formula is C19H25N. The lowest BCUT2D eigenvalue weighted by atomic mass is 10.00. The molecule has 0 spiro atoms. The molecule has 2 rings (SSSR count). The van der Waals surface area contributed by atoms with Gasteiger partial charge in [0.25, 0.3) is 0 Å². The predicted molar refractivity (Wildman–Crippen MR) is 86.8 cm³/mol. The predicted octanol–water partition coefficient (Wildman–Crippen LogP) is 4.75. The number of hydrogen-bond donors (Lipinski definition) is 1. The Morgan fingerprint density at radius 2 is 1.50 bits per heavy atom. The summed E-state index contributed by atoms with van der Waals surface area (Å²) in [6, 6.07) is 22.4. The smallest absolute Gasteiger partial charge is 0.0322 e. The molecule has 2 unspecified atom stereocenters. The summed E-state index contributed by atoms with van der Waals surface area (Å²) in [7, 11) is 0. The molecule has 0 fully saturated rings. The summed E-state index contributed by atoms with van der Waals surface area (Å²) in [6.45, 7) is 4.53. The topological polar surface area (TPSA) is 12.0 Å². The highest BCUT2D eigenvalue weighted by Gasteiger charge is 2.13. The molecule has 0 aliphatic carbocycles. The van der Waals surface area contributed by atoms with Crippen LogP contribution in [0.2, 0.25) is 0 Å². The first kappa shape index (κ1) is 14.8. The molecule has 0 aromatic heterocycles. The molecule has 0 radical (unpaired) electrons. The van der Waals surface area contributed by atoms with Gasteiger partial charge in [-0.15, -0.1) is 0 Å². The van der Waals surface area contributed by atoms with Gasteiger partial charge in [0.15, 0.2) is 0 Å². The van der Waals surface area contributed by atoms with E-state index in [-0.39, 0.29) is 0 Å². The maximum atomic E-state index is 3.78. The van der Waals surface area contributed by atoms with E-state index in [1.165, 1.54) is 24.0 Å². The average molecular weight is 267 g/mol. The van der Waals surface area contributed by atoms with Crippen molar-refractivity contribution in [2.45, 2.75) is 45.2 Å². The molecule has 106 valence electrons. The highest BCUT2D eigenvalue weighted by molar-refractivity contribution is 5.20. The SMILES string of the molecule is CCCC(NC(C)Cc1ccccc1)c1ccccc1. The van der Waals surface area contributed by atoms with Gasteiger partial charge in [0.1, 0.15) is 0 Å². The van der Waals surface area contributed by atoms with Crippen molar-refractivity contribution in [3.05, 3.63) is 71.8 Å². The number of hydrogen-bond acceptors (Lipinski definition) is 1. The van der Waals surface area contributed by atoms with Crippen LogP contribution in [0.1, 0.15) is 43.9 Å². The molecule has 1 heteroatoms. The van der Waals surface area contributed by atoms with Crippen molar-refractivity contribution >= 4 is 0 Å². The lowest BCUT2D eigenvalue weighted by Gasteiger charge is -2.23. The van der Waals surface area contributed by atoms with Gasteiger partial charge in [-0.2, -0.15) is 0 Å². The fourth-order valence-electron chi connectivity index (χ4n) is 2.69. The van der Waals surface area contributed by atoms with Crippen molar-refractivity contribution in [2.75, 3.05) is 0 Å². The molecule has 0 saturated carbocycles. The van der Waals surface area contributed by atoms with Crippen molar-refractivity contribution in [1.82, 2.24) is 5.32 Å². The van der Waals surface area contributed by atoms with Gasteiger partial charge in [0.05, 0.1) is 0 Å². The highest BCUT2D eigenvalue weighted by Crippen LogP contribution is 2.19. The summed E-state index contributed by atoms with van der Waals surface area (Å²) < 4.78 is 0. The molecule has 2 aromatic carbocycles. The van der Waals surface area contributed by atoms with Crippen LogP contribution in [0.5, 0.6) is 0 Å². The van der Waals surface area contributed by atoms with E-state index in [0.717, 1.165) is 6.42 Å². The highest BCUT2D eigenvalue weighted by atomic mass is 14.9. The minimum Gasteiger partial charge on any atom is -0.307 e. The standard InChI is InChI=1S/C19H25N/c1-3-10-19(18-13-8-5-9-14-18)20-16(2)15-17-11-6-4-7-12-17/h4-9,11-14,16,19-20H,3,10,15H2,1-2H3. The quantitative estimate of drug-likeness (QED) is 0.763. The van der Waals surface area contributed by atoms with Gasteiger partial charge in [-0.05, 0) is 30.9 Å². The van der Waals surface area contributed by atoms with Gasteiger partial charge in [-0.25, -0.2) is 0 Å². The fraction of sp³-hybridized carbons (Fsp3) is 0.368. The molecule has 2 aromatic rings. The maximum Gasteiger partial charge on any atom is 0.0322 e. The summed E-state index contributed by atoms with van der Waals surface area (Å²) in [5, 5.41) is 3.78. The van der Waals surface area contributed by atoms with Crippen LogP contribution in [-0.2, 0) is 6.42 Å². The first-order chi connectivity index (χ1) is 9.79. The van der Waals surface area contributed by atoms with E-state index in [0.29, 0.717) is 12.1 Å². The third-order valence-electron chi connectivity index (χ3n) is 3.65. The Kier molecular flexibility index (Phi) is 5.82. The Bertz CT molecular complexity index is 478. The largest absolute Gasteiger partial charge is 0.307 e. The molecule has 0 amide bonds. The van der Waals surface area contributed by atoms with Crippen LogP contribution in [0, 0.1) is 0 Å². The number of nitrogens with one attached hydrogen (secondary N) is 1. The third kappa shape index (κ3) is 4.50. The summed E-state index contributed by atoms with van der Waals surface area (Å²) in [4.78, 5) is 0. The van der Waals surface area contributed by atoms with E-state index in [4.69, 9.17) is 0 Å². The molecule has 2 atom stereocenters.